The topological polar surface area (TPSA) is 37.3 Å². The van der Waals surface area contributed by atoms with Crippen molar-refractivity contribution in [2.45, 2.75) is 13.8 Å². The molecule has 0 radical (unpaired) electrons. The lowest BCUT2D eigenvalue weighted by Gasteiger charge is -1.80. The zero-order valence-electron chi connectivity index (χ0n) is 5.59. The van der Waals surface area contributed by atoms with Crippen LogP contribution in [0, 0.1) is 0 Å². The first kappa shape index (κ1) is 8.54. The average molecular weight is 145 g/mol. The molecule has 0 saturated carbocycles. The fourth-order valence-corrected chi connectivity index (χ4v) is 0.743. The normalized spacial score (nSPS) is 13.2. The summed E-state index contributed by atoms with van der Waals surface area (Å²) in [5, 5.41) is 0.470. The second-order valence-corrected chi connectivity index (χ2v) is 3.16. The number of hydrogen-bond donors (Lipinski definition) is 1. The lowest BCUT2D eigenvalue weighted by atomic mass is 10.3. The number of allylic oxidation sites excluding steroid dienone is 3. The lowest BCUT2D eigenvalue weighted by Crippen LogP contribution is -1.67. The third kappa shape index (κ3) is 4.07. The first-order valence-electron chi connectivity index (χ1n) is 2.54. The van der Waals surface area contributed by atoms with E-state index in [1.165, 1.54) is 0 Å². The SMILES string of the molecule is C=C(C)/C=C(/C)[P+](=O)O. The summed E-state index contributed by atoms with van der Waals surface area (Å²) in [4.78, 5) is 8.47. The summed E-state index contributed by atoms with van der Waals surface area (Å²) in [6.45, 7) is 6.95. The van der Waals surface area contributed by atoms with E-state index in [2.05, 4.69) is 6.58 Å². The maximum Gasteiger partial charge on any atom is 0.541 e. The second-order valence-electron chi connectivity index (χ2n) is 1.91. The molecule has 3 heteroatoms. The van der Waals surface area contributed by atoms with Gasteiger partial charge in [-0.15, -0.1) is 0 Å². The van der Waals surface area contributed by atoms with Crippen molar-refractivity contribution in [3.8, 4) is 0 Å². The number of rotatable bonds is 2. The van der Waals surface area contributed by atoms with Crippen molar-refractivity contribution in [2.24, 2.45) is 0 Å². The van der Waals surface area contributed by atoms with Crippen LogP contribution in [0.25, 0.3) is 0 Å². The van der Waals surface area contributed by atoms with Crippen LogP contribution in [0.1, 0.15) is 13.8 Å². The van der Waals surface area contributed by atoms with Crippen LogP contribution >= 0.6 is 8.03 Å². The van der Waals surface area contributed by atoms with E-state index in [9.17, 15) is 4.57 Å². The molecule has 1 N–H and O–H groups in total. The molecule has 0 aromatic carbocycles. The molecule has 1 atom stereocenters. The van der Waals surface area contributed by atoms with Gasteiger partial charge in [0.2, 0.25) is 0 Å². The van der Waals surface area contributed by atoms with E-state index in [4.69, 9.17) is 4.89 Å². The summed E-state index contributed by atoms with van der Waals surface area (Å²) in [6.07, 6.45) is 1.60. The summed E-state index contributed by atoms with van der Waals surface area (Å²) in [6, 6.07) is 0. The summed E-state index contributed by atoms with van der Waals surface area (Å²) in [5.41, 5.74) is 0.796. The van der Waals surface area contributed by atoms with Gasteiger partial charge in [0.15, 0.2) is 5.31 Å². The molecule has 0 amide bonds. The molecular formula is C6H10O2P+. The molecule has 0 aromatic rings. The highest BCUT2D eigenvalue weighted by atomic mass is 31.1. The van der Waals surface area contributed by atoms with E-state index in [-0.39, 0.29) is 0 Å². The standard InChI is InChI=1S/C6H9O2P/c1-5(2)4-6(3)9(7)8/h4H,1H2,2-3H3/p+1/b6-4-. The Morgan fingerprint density at radius 3 is 2.22 bits per heavy atom. The van der Waals surface area contributed by atoms with E-state index in [1.807, 2.05) is 0 Å². The Morgan fingerprint density at radius 2 is 2.11 bits per heavy atom. The Bertz CT molecular complexity index is 170. The molecule has 0 aliphatic heterocycles. The molecule has 9 heavy (non-hydrogen) atoms. The second kappa shape index (κ2) is 3.54. The quantitative estimate of drug-likeness (QED) is 0.477. The predicted octanol–water partition coefficient (Wildman–Crippen LogP) is 2.20. The van der Waals surface area contributed by atoms with E-state index in [0.717, 1.165) is 5.57 Å². The lowest BCUT2D eigenvalue weighted by molar-refractivity contribution is 0.509. The molecule has 0 aliphatic rings. The summed E-state index contributed by atoms with van der Waals surface area (Å²) >= 11 is 0. The largest absolute Gasteiger partial charge is 0.541 e. The molecule has 2 nitrogen and oxygen atoms in total. The van der Waals surface area contributed by atoms with Gasteiger partial charge in [-0.2, -0.15) is 4.89 Å². The average Bonchev–Trinajstić information content (AvgIpc) is 1.63. The van der Waals surface area contributed by atoms with E-state index < -0.39 is 8.03 Å². The Morgan fingerprint density at radius 1 is 1.67 bits per heavy atom. The van der Waals surface area contributed by atoms with Crippen LogP contribution in [0.5, 0.6) is 0 Å². The highest BCUT2D eigenvalue weighted by molar-refractivity contribution is 7.43. The van der Waals surface area contributed by atoms with Crippen molar-refractivity contribution in [3.63, 3.8) is 0 Å². The molecule has 0 rings (SSSR count). The van der Waals surface area contributed by atoms with E-state index in [0.29, 0.717) is 5.31 Å². The van der Waals surface area contributed by atoms with Gasteiger partial charge >= 0.3 is 8.03 Å². The van der Waals surface area contributed by atoms with E-state index in [1.54, 1.807) is 19.9 Å². The first-order chi connectivity index (χ1) is 4.04. The minimum atomic E-state index is -2.14. The maximum atomic E-state index is 10.3. The van der Waals surface area contributed by atoms with Gasteiger partial charge < -0.3 is 0 Å². The zero-order valence-corrected chi connectivity index (χ0v) is 6.48. The third-order valence-corrected chi connectivity index (χ3v) is 1.49. The molecule has 1 unspecified atom stereocenters. The molecule has 0 saturated heterocycles. The van der Waals surface area contributed by atoms with Crippen LogP contribution in [0.4, 0.5) is 0 Å². The Labute approximate surface area is 55.8 Å². The predicted molar refractivity (Wildman–Crippen MR) is 38.4 cm³/mol. The van der Waals surface area contributed by atoms with Crippen molar-refractivity contribution >= 4 is 8.03 Å². The Balaban J connectivity index is 4.17. The van der Waals surface area contributed by atoms with Crippen LogP contribution in [-0.2, 0) is 4.57 Å². The van der Waals surface area contributed by atoms with Crippen molar-refractivity contribution in [3.05, 3.63) is 23.5 Å². The molecular weight excluding hydrogens is 135 g/mol. The van der Waals surface area contributed by atoms with Gasteiger partial charge in [-0.3, -0.25) is 0 Å². The van der Waals surface area contributed by atoms with Crippen molar-refractivity contribution in [2.75, 3.05) is 0 Å². The fraction of sp³-hybridized carbons (Fsp3) is 0.333. The first-order valence-corrected chi connectivity index (χ1v) is 3.75. The minimum absolute atomic E-state index is 0.470. The summed E-state index contributed by atoms with van der Waals surface area (Å²) < 4.78 is 10.3. The highest BCUT2D eigenvalue weighted by Crippen LogP contribution is 2.26. The van der Waals surface area contributed by atoms with Gasteiger partial charge in [0.1, 0.15) is 0 Å². The molecule has 50 valence electrons. The van der Waals surface area contributed by atoms with Gasteiger partial charge in [0.05, 0.1) is 0 Å². The van der Waals surface area contributed by atoms with Crippen molar-refractivity contribution < 1.29 is 9.46 Å². The summed E-state index contributed by atoms with van der Waals surface area (Å²) in [7, 11) is -2.14. The molecule has 0 spiro atoms. The van der Waals surface area contributed by atoms with Gasteiger partial charge in [-0.1, -0.05) is 12.2 Å². The monoisotopic (exact) mass is 145 g/mol. The molecule has 0 bridgehead atoms. The van der Waals surface area contributed by atoms with Crippen LogP contribution in [0.15, 0.2) is 23.5 Å². The molecule has 0 heterocycles. The van der Waals surface area contributed by atoms with Crippen LogP contribution in [-0.4, -0.2) is 4.89 Å². The molecule has 0 fully saturated rings. The van der Waals surface area contributed by atoms with Crippen molar-refractivity contribution in [1.29, 1.82) is 0 Å². The smallest absolute Gasteiger partial charge is 0.156 e. The van der Waals surface area contributed by atoms with Crippen LogP contribution in [0.3, 0.4) is 0 Å². The Hall–Kier alpha value is -0.460. The fourth-order valence-electron chi connectivity index (χ4n) is 0.412. The Kier molecular flexibility index (Phi) is 3.36. The van der Waals surface area contributed by atoms with Crippen LogP contribution in [0.2, 0.25) is 0 Å². The molecule has 0 aromatic heterocycles. The minimum Gasteiger partial charge on any atom is -0.156 e. The maximum absolute atomic E-state index is 10.3. The highest BCUT2D eigenvalue weighted by Gasteiger charge is 2.12. The third-order valence-electron chi connectivity index (χ3n) is 0.757. The number of hydrogen-bond acceptors (Lipinski definition) is 1. The summed E-state index contributed by atoms with van der Waals surface area (Å²) in [5.74, 6) is 0. The van der Waals surface area contributed by atoms with Gasteiger partial charge in [-0.05, 0) is 17.6 Å². The van der Waals surface area contributed by atoms with E-state index >= 15 is 0 Å². The van der Waals surface area contributed by atoms with Gasteiger partial charge in [0, 0.05) is 6.92 Å². The van der Waals surface area contributed by atoms with Crippen molar-refractivity contribution in [1.82, 2.24) is 0 Å². The molecule has 0 aliphatic carbocycles. The zero-order chi connectivity index (χ0) is 7.44. The van der Waals surface area contributed by atoms with Gasteiger partial charge in [0.25, 0.3) is 0 Å². The van der Waals surface area contributed by atoms with Gasteiger partial charge in [-0.25, -0.2) is 0 Å². The van der Waals surface area contributed by atoms with Crippen LogP contribution < -0.4 is 0 Å².